The van der Waals surface area contributed by atoms with Crippen molar-refractivity contribution < 1.29 is 18.7 Å². The van der Waals surface area contributed by atoms with Crippen molar-refractivity contribution >= 4 is 22.4 Å². The predicted molar refractivity (Wildman–Crippen MR) is 137 cm³/mol. The number of halogens is 1. The standard InChI is InChI=1S/C28H26FN5O3/c1-16(2)31-27(36)28(3)12-4-6-18(15-28)22-20-7-5-13-30-23(20)25(35)24(32-22)26-34-33-21(37-26)14-17-8-10-19(29)11-9-17/h4-13,16,35H,14-15H2,1-3H3,(H,31,36). The molecule has 0 aliphatic heterocycles. The summed E-state index contributed by atoms with van der Waals surface area (Å²) in [5.41, 5.74) is 1.85. The van der Waals surface area contributed by atoms with E-state index in [4.69, 9.17) is 9.40 Å². The number of nitrogens with zero attached hydrogens (tertiary/aromatic N) is 4. The Hall–Kier alpha value is -4.40. The van der Waals surface area contributed by atoms with Crippen LogP contribution in [0, 0.1) is 11.2 Å². The molecule has 0 radical (unpaired) electrons. The van der Waals surface area contributed by atoms with E-state index >= 15 is 0 Å². The molecule has 4 aromatic rings. The third-order valence-electron chi connectivity index (χ3n) is 6.23. The summed E-state index contributed by atoms with van der Waals surface area (Å²) in [6, 6.07) is 9.62. The topological polar surface area (TPSA) is 114 Å². The van der Waals surface area contributed by atoms with E-state index in [2.05, 4.69) is 20.5 Å². The second kappa shape index (κ2) is 9.57. The number of carbonyl (C=O) groups excluding carboxylic acids is 1. The summed E-state index contributed by atoms with van der Waals surface area (Å²) in [6.45, 7) is 5.73. The fourth-order valence-electron chi connectivity index (χ4n) is 4.35. The van der Waals surface area contributed by atoms with Crippen LogP contribution in [0.15, 0.2) is 65.2 Å². The molecule has 2 N–H and O–H groups in total. The Morgan fingerprint density at radius 1 is 1.19 bits per heavy atom. The van der Waals surface area contributed by atoms with Crippen LogP contribution in [0.2, 0.25) is 0 Å². The van der Waals surface area contributed by atoms with E-state index in [1.54, 1.807) is 24.4 Å². The Labute approximate surface area is 213 Å². The molecule has 5 rings (SSSR count). The number of nitrogens with one attached hydrogen (secondary N) is 1. The SMILES string of the molecule is CC(C)NC(=O)C1(C)C=CC=C(c2nc(-c3nnc(Cc4ccc(F)cc4)o3)c(O)c3ncccc23)C1. The zero-order chi connectivity index (χ0) is 26.2. The van der Waals surface area contributed by atoms with Crippen LogP contribution >= 0.6 is 0 Å². The van der Waals surface area contributed by atoms with Gasteiger partial charge in [0.05, 0.1) is 17.5 Å². The molecule has 9 heteroatoms. The van der Waals surface area contributed by atoms with E-state index in [1.807, 2.05) is 45.1 Å². The molecule has 3 heterocycles. The van der Waals surface area contributed by atoms with Crippen molar-refractivity contribution in [3.05, 3.63) is 83.8 Å². The molecule has 1 amide bonds. The van der Waals surface area contributed by atoms with E-state index in [-0.39, 0.29) is 35.1 Å². The lowest BCUT2D eigenvalue weighted by atomic mass is 9.77. The number of aromatic hydroxyl groups is 1. The number of hydrogen-bond donors (Lipinski definition) is 2. The van der Waals surface area contributed by atoms with E-state index in [0.29, 0.717) is 35.3 Å². The Kier molecular flexibility index (Phi) is 6.29. The number of allylic oxidation sites excluding steroid dienone is 3. The normalized spacial score (nSPS) is 17.3. The number of hydrogen-bond acceptors (Lipinski definition) is 7. The number of rotatable bonds is 6. The summed E-state index contributed by atoms with van der Waals surface area (Å²) in [6.07, 6.45) is 7.93. The van der Waals surface area contributed by atoms with Gasteiger partial charge in [-0.25, -0.2) is 9.37 Å². The molecule has 1 aliphatic rings. The van der Waals surface area contributed by atoms with E-state index < -0.39 is 5.41 Å². The molecule has 1 unspecified atom stereocenters. The zero-order valence-electron chi connectivity index (χ0n) is 20.7. The molecule has 8 nitrogen and oxygen atoms in total. The first-order chi connectivity index (χ1) is 17.7. The molecule has 1 atom stereocenters. The lowest BCUT2D eigenvalue weighted by Crippen LogP contribution is -2.41. The van der Waals surface area contributed by atoms with Crippen LogP contribution in [0.3, 0.4) is 0 Å². The highest BCUT2D eigenvalue weighted by atomic mass is 19.1. The lowest BCUT2D eigenvalue weighted by Gasteiger charge is -2.29. The Bertz CT molecular complexity index is 1540. The molecule has 0 saturated carbocycles. The second-order valence-electron chi connectivity index (χ2n) is 9.63. The van der Waals surface area contributed by atoms with E-state index in [0.717, 1.165) is 11.1 Å². The molecule has 1 aromatic carbocycles. The molecule has 0 spiro atoms. The number of carbonyl (C=O) groups is 1. The number of benzene rings is 1. The van der Waals surface area contributed by atoms with Gasteiger partial charge in [-0.2, -0.15) is 0 Å². The predicted octanol–water partition coefficient (Wildman–Crippen LogP) is 4.99. The maximum absolute atomic E-state index is 13.2. The maximum atomic E-state index is 13.2. The summed E-state index contributed by atoms with van der Waals surface area (Å²) in [7, 11) is 0. The van der Waals surface area contributed by atoms with Gasteiger partial charge >= 0.3 is 0 Å². The summed E-state index contributed by atoms with van der Waals surface area (Å²) >= 11 is 0. The Morgan fingerprint density at radius 2 is 1.97 bits per heavy atom. The van der Waals surface area contributed by atoms with Gasteiger partial charge in [0, 0.05) is 17.6 Å². The maximum Gasteiger partial charge on any atom is 0.270 e. The highest BCUT2D eigenvalue weighted by Crippen LogP contribution is 2.41. The highest BCUT2D eigenvalue weighted by molar-refractivity contribution is 5.98. The van der Waals surface area contributed by atoms with Crippen LogP contribution in [-0.2, 0) is 11.2 Å². The quantitative estimate of drug-likeness (QED) is 0.384. The van der Waals surface area contributed by atoms with Gasteiger partial charge < -0.3 is 14.8 Å². The highest BCUT2D eigenvalue weighted by Gasteiger charge is 2.35. The van der Waals surface area contributed by atoms with Crippen molar-refractivity contribution in [1.82, 2.24) is 25.5 Å². The van der Waals surface area contributed by atoms with Crippen molar-refractivity contribution in [2.45, 2.75) is 39.7 Å². The third-order valence-corrected chi connectivity index (χ3v) is 6.23. The monoisotopic (exact) mass is 499 g/mol. The van der Waals surface area contributed by atoms with Crippen LogP contribution in [0.4, 0.5) is 4.39 Å². The average Bonchev–Trinajstić information content (AvgIpc) is 3.33. The second-order valence-corrected chi connectivity index (χ2v) is 9.63. The van der Waals surface area contributed by atoms with Crippen molar-refractivity contribution in [2.24, 2.45) is 5.41 Å². The molecule has 1 aliphatic carbocycles. The lowest BCUT2D eigenvalue weighted by molar-refractivity contribution is -0.128. The van der Waals surface area contributed by atoms with E-state index in [9.17, 15) is 14.3 Å². The minimum atomic E-state index is -0.768. The van der Waals surface area contributed by atoms with Gasteiger partial charge in [0.1, 0.15) is 11.3 Å². The van der Waals surface area contributed by atoms with Gasteiger partial charge in [-0.3, -0.25) is 9.78 Å². The van der Waals surface area contributed by atoms with Gasteiger partial charge in [-0.15, -0.1) is 10.2 Å². The molecule has 0 fully saturated rings. The summed E-state index contributed by atoms with van der Waals surface area (Å²) in [5.74, 6) is -0.249. The largest absolute Gasteiger partial charge is 0.504 e. The number of fused-ring (bicyclic) bond motifs is 1. The minimum Gasteiger partial charge on any atom is -0.504 e. The smallest absolute Gasteiger partial charge is 0.270 e. The molecular formula is C28H26FN5O3. The molecular weight excluding hydrogens is 473 g/mol. The zero-order valence-corrected chi connectivity index (χ0v) is 20.7. The van der Waals surface area contributed by atoms with Gasteiger partial charge in [-0.1, -0.05) is 30.4 Å². The van der Waals surface area contributed by atoms with Gasteiger partial charge in [0.15, 0.2) is 11.4 Å². The average molecular weight is 500 g/mol. The summed E-state index contributed by atoms with van der Waals surface area (Å²) < 4.78 is 19.1. The fraction of sp³-hybridized carbons (Fsp3) is 0.250. The van der Waals surface area contributed by atoms with Crippen LogP contribution in [0.1, 0.15) is 44.3 Å². The number of pyridine rings is 2. The summed E-state index contributed by atoms with van der Waals surface area (Å²) in [4.78, 5) is 22.1. The molecule has 0 saturated heterocycles. The first kappa shape index (κ1) is 24.3. The molecule has 188 valence electrons. The van der Waals surface area contributed by atoms with Crippen LogP contribution in [0.25, 0.3) is 28.1 Å². The van der Waals surface area contributed by atoms with Crippen molar-refractivity contribution in [3.63, 3.8) is 0 Å². The van der Waals surface area contributed by atoms with Gasteiger partial charge in [-0.05, 0) is 62.6 Å². The van der Waals surface area contributed by atoms with Crippen LogP contribution in [-0.4, -0.2) is 37.2 Å². The van der Waals surface area contributed by atoms with Gasteiger partial charge in [0.25, 0.3) is 5.89 Å². The first-order valence-corrected chi connectivity index (χ1v) is 12.0. The minimum absolute atomic E-state index is 0.0112. The fourth-order valence-corrected chi connectivity index (χ4v) is 4.35. The van der Waals surface area contributed by atoms with Crippen molar-refractivity contribution in [3.8, 4) is 17.3 Å². The van der Waals surface area contributed by atoms with Crippen molar-refractivity contribution in [1.29, 1.82) is 0 Å². The summed E-state index contributed by atoms with van der Waals surface area (Å²) in [5, 5.41) is 22.9. The molecule has 37 heavy (non-hydrogen) atoms. The Balaban J connectivity index is 1.54. The van der Waals surface area contributed by atoms with Crippen LogP contribution < -0.4 is 5.32 Å². The van der Waals surface area contributed by atoms with Crippen LogP contribution in [0.5, 0.6) is 5.75 Å². The van der Waals surface area contributed by atoms with E-state index in [1.165, 1.54) is 12.1 Å². The Morgan fingerprint density at radius 3 is 2.73 bits per heavy atom. The number of aromatic nitrogens is 4. The molecule has 3 aromatic heterocycles. The molecule has 0 bridgehead atoms. The first-order valence-electron chi connectivity index (χ1n) is 12.0. The van der Waals surface area contributed by atoms with Gasteiger partial charge in [0.2, 0.25) is 11.8 Å². The third kappa shape index (κ3) is 4.84. The van der Waals surface area contributed by atoms with Crippen molar-refractivity contribution in [2.75, 3.05) is 0 Å². The number of amides is 1.